The molecule has 4 heteroatoms. The number of carbonyl (C=O) groups excluding carboxylic acids is 1. The SMILES string of the molecule is CCC1(C)CCN(C(=O)c2ccc(Br)c(O)c2)CC1. The molecule has 0 bridgehead atoms. The predicted octanol–water partition coefficient (Wildman–Crippen LogP) is 3.81. The molecule has 0 saturated carbocycles. The molecule has 3 nitrogen and oxygen atoms in total. The van der Waals surface area contributed by atoms with Crippen LogP contribution in [0.15, 0.2) is 22.7 Å². The van der Waals surface area contributed by atoms with Gasteiger partial charge in [0.1, 0.15) is 5.75 Å². The van der Waals surface area contributed by atoms with Crippen molar-refractivity contribution in [2.45, 2.75) is 33.1 Å². The molecule has 1 saturated heterocycles. The van der Waals surface area contributed by atoms with Crippen molar-refractivity contribution in [2.24, 2.45) is 5.41 Å². The summed E-state index contributed by atoms with van der Waals surface area (Å²) in [5, 5.41) is 9.65. The highest BCUT2D eigenvalue weighted by atomic mass is 79.9. The van der Waals surface area contributed by atoms with Gasteiger partial charge in [-0.15, -0.1) is 0 Å². The van der Waals surface area contributed by atoms with E-state index in [0.717, 1.165) is 32.4 Å². The smallest absolute Gasteiger partial charge is 0.253 e. The molecule has 0 unspecified atom stereocenters. The number of benzene rings is 1. The highest BCUT2D eigenvalue weighted by Crippen LogP contribution is 2.34. The number of phenols is 1. The van der Waals surface area contributed by atoms with Gasteiger partial charge in [-0.05, 0) is 52.4 Å². The molecule has 1 aromatic carbocycles. The van der Waals surface area contributed by atoms with Gasteiger partial charge < -0.3 is 10.0 Å². The summed E-state index contributed by atoms with van der Waals surface area (Å²) in [6.45, 7) is 6.12. The van der Waals surface area contributed by atoms with Gasteiger partial charge in [0.05, 0.1) is 4.47 Å². The first kappa shape index (κ1) is 14.4. The van der Waals surface area contributed by atoms with Gasteiger partial charge in [0.15, 0.2) is 0 Å². The molecule has 104 valence electrons. The first-order chi connectivity index (χ1) is 8.95. The maximum atomic E-state index is 12.4. The van der Waals surface area contributed by atoms with Crippen LogP contribution in [-0.4, -0.2) is 29.0 Å². The first-order valence-corrected chi connectivity index (χ1v) is 7.52. The van der Waals surface area contributed by atoms with Crippen molar-refractivity contribution in [3.63, 3.8) is 0 Å². The second-order valence-corrected chi connectivity index (χ2v) is 6.48. The van der Waals surface area contributed by atoms with Gasteiger partial charge in [0, 0.05) is 18.7 Å². The van der Waals surface area contributed by atoms with Crippen LogP contribution in [0.5, 0.6) is 5.75 Å². The van der Waals surface area contributed by atoms with Crippen molar-refractivity contribution >= 4 is 21.8 Å². The molecule has 1 aliphatic heterocycles. The van der Waals surface area contributed by atoms with Gasteiger partial charge in [-0.3, -0.25) is 4.79 Å². The van der Waals surface area contributed by atoms with Crippen LogP contribution in [0.3, 0.4) is 0 Å². The van der Waals surface area contributed by atoms with Crippen molar-refractivity contribution in [2.75, 3.05) is 13.1 Å². The Bertz CT molecular complexity index is 479. The zero-order valence-electron chi connectivity index (χ0n) is 11.4. The Morgan fingerprint density at radius 1 is 1.42 bits per heavy atom. The van der Waals surface area contributed by atoms with E-state index in [9.17, 15) is 9.90 Å². The van der Waals surface area contributed by atoms with Gasteiger partial charge in [0.2, 0.25) is 0 Å². The predicted molar refractivity (Wildman–Crippen MR) is 79.3 cm³/mol. The van der Waals surface area contributed by atoms with E-state index >= 15 is 0 Å². The van der Waals surface area contributed by atoms with Gasteiger partial charge >= 0.3 is 0 Å². The minimum atomic E-state index is 0.0148. The zero-order chi connectivity index (χ0) is 14.0. The summed E-state index contributed by atoms with van der Waals surface area (Å²) >= 11 is 3.22. The monoisotopic (exact) mass is 325 g/mol. The number of likely N-dealkylation sites (tertiary alicyclic amines) is 1. The number of aromatic hydroxyl groups is 1. The van der Waals surface area contributed by atoms with Crippen molar-refractivity contribution in [3.05, 3.63) is 28.2 Å². The second-order valence-electron chi connectivity index (χ2n) is 5.62. The summed E-state index contributed by atoms with van der Waals surface area (Å²) in [5.74, 6) is 0.127. The van der Waals surface area contributed by atoms with E-state index in [0.29, 0.717) is 15.5 Å². The standard InChI is InChI=1S/C15H20BrNO2/c1-3-15(2)6-8-17(9-7-15)14(19)11-4-5-12(16)13(18)10-11/h4-5,10,18H,3,6-9H2,1-2H3. The van der Waals surface area contributed by atoms with E-state index in [-0.39, 0.29) is 11.7 Å². The Balaban J connectivity index is 2.07. The molecular formula is C15H20BrNO2. The van der Waals surface area contributed by atoms with E-state index in [1.807, 2.05) is 4.90 Å². The van der Waals surface area contributed by atoms with Crippen LogP contribution in [0, 0.1) is 5.41 Å². The molecule has 0 atom stereocenters. The number of phenolic OH excluding ortho intramolecular Hbond substituents is 1. The van der Waals surface area contributed by atoms with E-state index in [1.54, 1.807) is 12.1 Å². The highest BCUT2D eigenvalue weighted by Gasteiger charge is 2.30. The van der Waals surface area contributed by atoms with Crippen molar-refractivity contribution in [1.82, 2.24) is 4.90 Å². The van der Waals surface area contributed by atoms with Crippen molar-refractivity contribution in [1.29, 1.82) is 0 Å². The van der Waals surface area contributed by atoms with Gasteiger partial charge in [-0.25, -0.2) is 0 Å². The molecule has 1 N–H and O–H groups in total. The van der Waals surface area contributed by atoms with E-state index < -0.39 is 0 Å². The third kappa shape index (κ3) is 3.11. The number of halogens is 1. The Hall–Kier alpha value is -1.03. The van der Waals surface area contributed by atoms with E-state index in [1.165, 1.54) is 6.07 Å². The van der Waals surface area contributed by atoms with Gasteiger partial charge in [-0.1, -0.05) is 20.3 Å². The average Bonchev–Trinajstić information content (AvgIpc) is 2.42. The quantitative estimate of drug-likeness (QED) is 0.898. The number of hydrogen-bond acceptors (Lipinski definition) is 2. The van der Waals surface area contributed by atoms with Crippen LogP contribution in [-0.2, 0) is 0 Å². The first-order valence-electron chi connectivity index (χ1n) is 6.73. The molecule has 1 aliphatic rings. The number of carbonyl (C=O) groups is 1. The molecule has 1 fully saturated rings. The molecule has 1 amide bonds. The van der Waals surface area contributed by atoms with Crippen LogP contribution in [0.1, 0.15) is 43.5 Å². The molecule has 2 rings (SSSR count). The summed E-state index contributed by atoms with van der Waals surface area (Å²) in [4.78, 5) is 14.3. The lowest BCUT2D eigenvalue weighted by Gasteiger charge is -2.39. The van der Waals surface area contributed by atoms with Crippen LogP contribution in [0.4, 0.5) is 0 Å². The van der Waals surface area contributed by atoms with Crippen LogP contribution < -0.4 is 0 Å². The average molecular weight is 326 g/mol. The second kappa shape index (κ2) is 5.53. The number of hydrogen-bond donors (Lipinski definition) is 1. The van der Waals surface area contributed by atoms with Crippen molar-refractivity contribution in [3.8, 4) is 5.75 Å². The van der Waals surface area contributed by atoms with Gasteiger partial charge in [0.25, 0.3) is 5.91 Å². The molecule has 1 heterocycles. The van der Waals surface area contributed by atoms with Gasteiger partial charge in [-0.2, -0.15) is 0 Å². The van der Waals surface area contributed by atoms with Crippen molar-refractivity contribution < 1.29 is 9.90 Å². The fraction of sp³-hybridized carbons (Fsp3) is 0.533. The van der Waals surface area contributed by atoms with Crippen LogP contribution in [0.25, 0.3) is 0 Å². The highest BCUT2D eigenvalue weighted by molar-refractivity contribution is 9.10. The lowest BCUT2D eigenvalue weighted by atomic mass is 9.78. The zero-order valence-corrected chi connectivity index (χ0v) is 13.0. The molecule has 0 radical (unpaired) electrons. The van der Waals surface area contributed by atoms with E-state index in [2.05, 4.69) is 29.8 Å². The maximum absolute atomic E-state index is 12.4. The van der Waals surface area contributed by atoms with E-state index in [4.69, 9.17) is 0 Å². The Morgan fingerprint density at radius 3 is 2.58 bits per heavy atom. The molecule has 0 spiro atoms. The summed E-state index contributed by atoms with van der Waals surface area (Å²) in [5.41, 5.74) is 0.930. The molecular weight excluding hydrogens is 306 g/mol. The Morgan fingerprint density at radius 2 is 2.05 bits per heavy atom. The normalized spacial score (nSPS) is 18.4. The topological polar surface area (TPSA) is 40.5 Å². The number of amides is 1. The number of rotatable bonds is 2. The van der Waals surface area contributed by atoms with Crippen LogP contribution >= 0.6 is 15.9 Å². The minimum absolute atomic E-state index is 0.0148. The maximum Gasteiger partial charge on any atom is 0.253 e. The lowest BCUT2D eigenvalue weighted by molar-refractivity contribution is 0.0600. The lowest BCUT2D eigenvalue weighted by Crippen LogP contribution is -2.41. The molecule has 1 aromatic rings. The summed E-state index contributed by atoms with van der Waals surface area (Å²) in [6.07, 6.45) is 3.27. The summed E-state index contributed by atoms with van der Waals surface area (Å²) in [7, 11) is 0. The molecule has 0 aromatic heterocycles. The minimum Gasteiger partial charge on any atom is -0.507 e. The number of piperidine rings is 1. The largest absolute Gasteiger partial charge is 0.507 e. The Kier molecular flexibility index (Phi) is 4.19. The fourth-order valence-corrected chi connectivity index (χ4v) is 2.68. The number of nitrogens with zero attached hydrogens (tertiary/aromatic N) is 1. The van der Waals surface area contributed by atoms with Crippen LogP contribution in [0.2, 0.25) is 0 Å². The summed E-state index contributed by atoms with van der Waals surface area (Å²) in [6, 6.07) is 4.99. The summed E-state index contributed by atoms with van der Waals surface area (Å²) < 4.78 is 0.612. The molecule has 0 aliphatic carbocycles. The molecule has 19 heavy (non-hydrogen) atoms. The third-order valence-corrected chi connectivity index (χ3v) is 4.97. The third-order valence-electron chi connectivity index (χ3n) is 4.30. The Labute approximate surface area is 122 Å². The fourth-order valence-electron chi connectivity index (χ4n) is 2.43.